The van der Waals surface area contributed by atoms with E-state index in [4.69, 9.17) is 4.98 Å². The molecule has 3 aliphatic carbocycles. The van der Waals surface area contributed by atoms with E-state index in [0.717, 1.165) is 50.1 Å². The lowest BCUT2D eigenvalue weighted by Gasteiger charge is -2.35. The second-order valence-corrected chi connectivity index (χ2v) is 42.4. The van der Waals surface area contributed by atoms with Gasteiger partial charge in [0.1, 0.15) is 0 Å². The molecule has 4 heteroatoms. The van der Waals surface area contributed by atoms with Gasteiger partial charge >= 0.3 is 0 Å². The molecule has 1 heterocycles. The van der Waals surface area contributed by atoms with Crippen LogP contribution in [0.5, 0.6) is 0 Å². The SMILES string of the molecule is CC1(Cc2ccc([Si](c3ccccc3)(c3ccccc3)c3ccc(-c4c(-c5ccccc5)ccc5c4-c4ccccc4C5(C)Cc4nccc5cc(-c6ccc(-c7c(-c8ccccc8)ccc8c7-c7ccccc7C8(C)c7ccccc7)cc6)ccc45)cc3)cc2)c2ccccc2-c2c1ccc(-c1ccccc1)c2-c1ccc(P(=O)(c2ccccc2)c2ccccc2)cc1. The van der Waals surface area contributed by atoms with Crippen LogP contribution in [0.25, 0.3) is 122 Å². The van der Waals surface area contributed by atoms with Gasteiger partial charge in [-0.15, -0.1) is 0 Å². The Morgan fingerprint density at radius 3 is 1.06 bits per heavy atom. The third-order valence-corrected chi connectivity index (χ3v) is 36.7. The molecule has 129 heavy (non-hydrogen) atoms. The predicted molar refractivity (Wildman–Crippen MR) is 544 cm³/mol. The number of nitrogens with zero attached hydrogens (tertiary/aromatic N) is 1. The van der Waals surface area contributed by atoms with Crippen LogP contribution in [0.1, 0.15) is 71.0 Å². The quantitative estimate of drug-likeness (QED) is 0.0459. The van der Waals surface area contributed by atoms with Gasteiger partial charge in [0.25, 0.3) is 0 Å². The van der Waals surface area contributed by atoms with Crippen molar-refractivity contribution in [2.75, 3.05) is 0 Å². The van der Waals surface area contributed by atoms with Crippen molar-refractivity contribution in [3.8, 4) is 111 Å². The lowest BCUT2D eigenvalue weighted by atomic mass is 9.73. The minimum atomic E-state index is -3.23. The maximum atomic E-state index is 15.8. The first-order chi connectivity index (χ1) is 63.5. The van der Waals surface area contributed by atoms with E-state index in [1.807, 2.05) is 66.9 Å². The van der Waals surface area contributed by atoms with E-state index in [2.05, 4.69) is 433 Å². The summed E-state index contributed by atoms with van der Waals surface area (Å²) in [5.74, 6) is 0. The third-order valence-electron chi connectivity index (χ3n) is 28.9. The average molecular weight is 1680 g/mol. The van der Waals surface area contributed by atoms with Crippen molar-refractivity contribution in [2.24, 2.45) is 0 Å². The molecule has 20 aromatic rings. The van der Waals surface area contributed by atoms with Crippen LogP contribution >= 0.6 is 7.14 Å². The zero-order chi connectivity index (χ0) is 86.4. The van der Waals surface area contributed by atoms with Crippen LogP contribution < -0.4 is 36.7 Å². The topological polar surface area (TPSA) is 30.0 Å². The van der Waals surface area contributed by atoms with Gasteiger partial charge < -0.3 is 4.57 Å². The van der Waals surface area contributed by atoms with Crippen LogP contribution in [-0.4, -0.2) is 13.1 Å². The largest absolute Gasteiger partial charge is 0.309 e. The number of fused-ring (bicyclic) bond motifs is 10. The van der Waals surface area contributed by atoms with Crippen molar-refractivity contribution in [3.63, 3.8) is 0 Å². The highest BCUT2D eigenvalue weighted by atomic mass is 31.2. The molecule has 0 amide bonds. The van der Waals surface area contributed by atoms with E-state index in [1.165, 1.54) is 165 Å². The Kier molecular flexibility index (Phi) is 19.4. The summed E-state index contributed by atoms with van der Waals surface area (Å²) >= 11 is 0. The van der Waals surface area contributed by atoms with E-state index in [0.29, 0.717) is 6.42 Å². The highest BCUT2D eigenvalue weighted by molar-refractivity contribution is 7.85. The Hall–Kier alpha value is -15.0. The van der Waals surface area contributed by atoms with E-state index in [1.54, 1.807) is 0 Å². The fourth-order valence-corrected chi connectivity index (χ4v) is 30.1. The van der Waals surface area contributed by atoms with Gasteiger partial charge in [-0.1, -0.05) is 475 Å². The minimum absolute atomic E-state index is 0.323. The molecule has 3 aliphatic rings. The van der Waals surface area contributed by atoms with Gasteiger partial charge in [0, 0.05) is 55.9 Å². The second kappa shape index (κ2) is 31.9. The van der Waals surface area contributed by atoms with E-state index in [9.17, 15) is 0 Å². The summed E-state index contributed by atoms with van der Waals surface area (Å²) in [6, 6.07) is 175. The number of aromatic nitrogens is 1. The van der Waals surface area contributed by atoms with E-state index < -0.39 is 26.0 Å². The maximum absolute atomic E-state index is 15.8. The molecule has 3 unspecified atom stereocenters. The summed E-state index contributed by atoms with van der Waals surface area (Å²) in [5, 5.41) is 10.1. The lowest BCUT2D eigenvalue weighted by molar-refractivity contribution is 0.577. The van der Waals surface area contributed by atoms with Gasteiger partial charge in [0.05, 0.1) is 0 Å². The van der Waals surface area contributed by atoms with Crippen molar-refractivity contribution < 1.29 is 4.57 Å². The number of rotatable bonds is 19. The molecule has 0 radical (unpaired) electrons. The molecular formula is C125H92NOPSi. The zero-order valence-corrected chi connectivity index (χ0v) is 74.2. The molecule has 0 saturated carbocycles. The fourth-order valence-electron chi connectivity index (χ4n) is 22.7. The molecule has 0 fully saturated rings. The highest BCUT2D eigenvalue weighted by Crippen LogP contribution is 2.61. The van der Waals surface area contributed by atoms with Gasteiger partial charge in [0.15, 0.2) is 15.2 Å². The number of benzene rings is 19. The molecule has 23 rings (SSSR count). The predicted octanol–water partition coefficient (Wildman–Crippen LogP) is 27.3. The molecule has 1 aromatic heterocycles. The molecule has 0 spiro atoms. The standard InChI is InChI=1S/C125H92NOPSi/c1-123(110-53-31-28-50-107(110)120-113(123)77-74-104(87-34-12-4-13-35-87)117(120)91-62-67-98(68-63-91)128(127,96-42-20-8-21-43-96)97-44-22-9-23-45-97)83-85-56-69-101(70-57-85)129(99-46-24-10-25-47-99,100-48-26-11-27-49-100)102-71-64-92(65-72-102)118-105(88-36-14-5-15-37-88)75-78-114-121(118)108-51-29-32-54-111(108)124(114,2)84-116-103-73-66-93(82-94(103)80-81-126-116)86-58-60-90(61-59-86)119-106(89-38-16-6-17-39-89)76-79-115-122(119)109-52-30-33-55-112(109)125(115,3)95-40-18-7-19-41-95/h4-82H,83-84H2,1-3H3. The Bertz CT molecular complexity index is 7640. The normalized spacial score (nSPS) is 15.7. The summed E-state index contributed by atoms with van der Waals surface area (Å²) in [4.78, 5) is 5.36. The monoisotopic (exact) mass is 1680 g/mol. The molecule has 612 valence electrons. The Morgan fingerprint density at radius 2 is 0.589 bits per heavy atom. The molecule has 2 nitrogen and oxygen atoms in total. The first-order valence-electron chi connectivity index (χ1n) is 45.1. The number of hydrogen-bond acceptors (Lipinski definition) is 2. The van der Waals surface area contributed by atoms with Crippen molar-refractivity contribution in [3.05, 3.63) is 530 Å². The van der Waals surface area contributed by atoms with Crippen LogP contribution in [0.4, 0.5) is 0 Å². The van der Waals surface area contributed by atoms with Crippen molar-refractivity contribution in [2.45, 2.75) is 49.9 Å². The summed E-state index contributed by atoms with van der Waals surface area (Å²) < 4.78 is 15.8. The van der Waals surface area contributed by atoms with E-state index in [-0.39, 0.29) is 5.41 Å². The fraction of sp³-hybridized carbons (Fsp3) is 0.0640. The minimum Gasteiger partial charge on any atom is -0.309 e. The third kappa shape index (κ3) is 12.8. The smallest absolute Gasteiger partial charge is 0.179 e. The lowest BCUT2D eigenvalue weighted by Crippen LogP contribution is -2.74. The van der Waals surface area contributed by atoms with Gasteiger partial charge in [-0.25, -0.2) is 0 Å². The molecule has 3 atom stereocenters. The van der Waals surface area contributed by atoms with Crippen molar-refractivity contribution in [1.82, 2.24) is 4.98 Å². The first kappa shape index (κ1) is 78.7. The number of hydrogen-bond donors (Lipinski definition) is 0. The molecule has 19 aromatic carbocycles. The maximum Gasteiger partial charge on any atom is 0.179 e. The Labute approximate surface area is 757 Å². The first-order valence-corrected chi connectivity index (χ1v) is 48.9. The van der Waals surface area contributed by atoms with Crippen LogP contribution in [0.2, 0.25) is 0 Å². The summed E-state index contributed by atoms with van der Waals surface area (Å²) in [5.41, 5.74) is 34.6. The zero-order valence-electron chi connectivity index (χ0n) is 72.3. The second-order valence-electron chi connectivity index (χ2n) is 35.8. The van der Waals surface area contributed by atoms with Crippen LogP contribution in [0.15, 0.2) is 479 Å². The van der Waals surface area contributed by atoms with Crippen LogP contribution in [0.3, 0.4) is 0 Å². The Morgan fingerprint density at radius 1 is 0.248 bits per heavy atom. The molecular weight excluding hydrogens is 1590 g/mol. The van der Waals surface area contributed by atoms with Crippen molar-refractivity contribution in [1.29, 1.82) is 0 Å². The van der Waals surface area contributed by atoms with Crippen molar-refractivity contribution >= 4 is 62.6 Å². The summed E-state index contributed by atoms with van der Waals surface area (Å²) in [6.45, 7) is 7.33. The summed E-state index contributed by atoms with van der Waals surface area (Å²) in [7, 11) is -6.34. The molecule has 0 saturated heterocycles. The van der Waals surface area contributed by atoms with Gasteiger partial charge in [-0.05, 0) is 207 Å². The molecule has 0 aliphatic heterocycles. The van der Waals surface area contributed by atoms with Gasteiger partial charge in [-0.3, -0.25) is 4.98 Å². The summed E-state index contributed by atoms with van der Waals surface area (Å²) in [6.07, 6.45) is 3.51. The average Bonchev–Trinajstić information content (AvgIpc) is 1.44. The number of pyridine rings is 1. The molecule has 0 N–H and O–H groups in total. The highest BCUT2D eigenvalue weighted by Gasteiger charge is 2.47. The van der Waals surface area contributed by atoms with Crippen LogP contribution in [0, 0.1) is 0 Å². The Balaban J connectivity index is 0.595. The van der Waals surface area contributed by atoms with Crippen LogP contribution in [-0.2, 0) is 33.7 Å². The molecule has 0 bridgehead atoms. The van der Waals surface area contributed by atoms with Gasteiger partial charge in [-0.2, -0.15) is 0 Å². The van der Waals surface area contributed by atoms with E-state index >= 15 is 4.57 Å². The van der Waals surface area contributed by atoms with Gasteiger partial charge in [0.2, 0.25) is 0 Å².